The van der Waals surface area contributed by atoms with E-state index in [1.54, 1.807) is 0 Å². The quantitative estimate of drug-likeness (QED) is 0.824. The lowest BCUT2D eigenvalue weighted by molar-refractivity contribution is 0.548. The summed E-state index contributed by atoms with van der Waals surface area (Å²) in [6.45, 7) is 0. The highest BCUT2D eigenvalue weighted by Gasteiger charge is 2.24. The Labute approximate surface area is 127 Å². The molecule has 9 heteroatoms. The second-order valence-electron chi connectivity index (χ2n) is 3.65. The van der Waals surface area contributed by atoms with E-state index in [1.165, 1.54) is 18.2 Å². The molecule has 0 amide bonds. The molecule has 0 spiro atoms. The highest BCUT2D eigenvalue weighted by Crippen LogP contribution is 2.27. The average Bonchev–Trinajstić information content (AvgIpc) is 2.25. The molecule has 0 atom stereocenters. The molecule has 0 radical (unpaired) electrons. The fraction of sp³-hybridized carbons (Fsp3) is 0. The van der Waals surface area contributed by atoms with Gasteiger partial charge in [0.1, 0.15) is 27.5 Å². The van der Waals surface area contributed by atoms with Gasteiger partial charge in [0.05, 0.1) is 0 Å². The summed E-state index contributed by atoms with van der Waals surface area (Å²) in [7, 11) is -4.27. The van der Waals surface area contributed by atoms with Gasteiger partial charge < -0.3 is 0 Å². The Morgan fingerprint density at radius 1 is 1.25 bits per heavy atom. The molecule has 0 saturated carbocycles. The molecular weight excluding hydrogens is 378 g/mol. The van der Waals surface area contributed by atoms with Crippen LogP contribution in [0.3, 0.4) is 0 Å². The summed E-state index contributed by atoms with van der Waals surface area (Å²) in [6.07, 6.45) is 0. The number of anilines is 1. The van der Waals surface area contributed by atoms with Gasteiger partial charge in [-0.2, -0.15) is 0 Å². The van der Waals surface area contributed by atoms with Crippen molar-refractivity contribution in [1.82, 2.24) is 4.98 Å². The van der Waals surface area contributed by atoms with E-state index in [4.69, 9.17) is 11.6 Å². The molecule has 0 unspecified atom stereocenters. The zero-order valence-corrected chi connectivity index (χ0v) is 12.7. The third-order valence-corrected chi connectivity index (χ3v) is 4.71. The van der Waals surface area contributed by atoms with Gasteiger partial charge in [-0.1, -0.05) is 17.7 Å². The molecule has 4 nitrogen and oxygen atoms in total. The fourth-order valence-corrected chi connectivity index (χ4v) is 3.77. The maximum Gasteiger partial charge on any atom is 0.267 e. The first kappa shape index (κ1) is 15.1. The standard InChI is InChI=1S/C11H6BrClF2N2O2S/c12-7-4-6(14)5-8(15)11(7)20(18,19)17-10-3-1-2-9(13)16-10/h1-5H,(H,16,17). The number of nitrogens with zero attached hydrogens (tertiary/aromatic N) is 1. The third-order valence-electron chi connectivity index (χ3n) is 2.19. The second kappa shape index (κ2) is 5.63. The van der Waals surface area contributed by atoms with E-state index in [0.29, 0.717) is 6.07 Å². The predicted molar refractivity (Wildman–Crippen MR) is 74.1 cm³/mol. The maximum absolute atomic E-state index is 13.7. The zero-order chi connectivity index (χ0) is 14.9. The lowest BCUT2D eigenvalue weighted by Gasteiger charge is -2.10. The Kier molecular flexibility index (Phi) is 4.26. The lowest BCUT2D eigenvalue weighted by Crippen LogP contribution is -2.16. The topological polar surface area (TPSA) is 59.1 Å². The van der Waals surface area contributed by atoms with Crippen LogP contribution in [0.5, 0.6) is 0 Å². The number of pyridine rings is 1. The minimum absolute atomic E-state index is 0.0730. The van der Waals surface area contributed by atoms with Crippen LogP contribution in [-0.4, -0.2) is 13.4 Å². The van der Waals surface area contributed by atoms with Crippen LogP contribution in [0.4, 0.5) is 14.6 Å². The number of hydrogen-bond donors (Lipinski definition) is 1. The number of aromatic nitrogens is 1. The fourth-order valence-electron chi connectivity index (χ4n) is 1.44. The Hall–Kier alpha value is -1.25. The largest absolute Gasteiger partial charge is 0.267 e. The Morgan fingerprint density at radius 2 is 1.95 bits per heavy atom. The van der Waals surface area contributed by atoms with Gasteiger partial charge in [0.25, 0.3) is 10.0 Å². The van der Waals surface area contributed by atoms with Gasteiger partial charge in [-0.3, -0.25) is 4.72 Å². The third kappa shape index (κ3) is 3.25. The summed E-state index contributed by atoms with van der Waals surface area (Å²) < 4.78 is 52.6. The minimum atomic E-state index is -4.27. The molecule has 1 N–H and O–H groups in total. The average molecular weight is 384 g/mol. The molecular formula is C11H6BrClF2N2O2S. The van der Waals surface area contributed by atoms with Crippen molar-refractivity contribution in [2.24, 2.45) is 0 Å². The summed E-state index contributed by atoms with van der Waals surface area (Å²) in [5.41, 5.74) is 0. The van der Waals surface area contributed by atoms with Crippen LogP contribution in [0.2, 0.25) is 5.15 Å². The number of hydrogen-bond acceptors (Lipinski definition) is 3. The number of nitrogens with one attached hydrogen (secondary N) is 1. The van der Waals surface area contributed by atoms with Crippen molar-refractivity contribution in [3.8, 4) is 0 Å². The first-order valence-electron chi connectivity index (χ1n) is 5.09. The molecule has 1 aromatic carbocycles. The first-order valence-corrected chi connectivity index (χ1v) is 7.75. The van der Waals surface area contributed by atoms with Gasteiger partial charge in [-0.05, 0) is 34.1 Å². The van der Waals surface area contributed by atoms with Crippen LogP contribution in [0, 0.1) is 11.6 Å². The van der Waals surface area contributed by atoms with Crippen LogP contribution in [0.25, 0.3) is 0 Å². The molecule has 1 aromatic heterocycles. The monoisotopic (exact) mass is 382 g/mol. The van der Waals surface area contributed by atoms with Gasteiger partial charge in [-0.25, -0.2) is 22.2 Å². The summed E-state index contributed by atoms with van der Waals surface area (Å²) in [6, 6.07) is 5.60. The first-order chi connectivity index (χ1) is 9.29. The second-order valence-corrected chi connectivity index (χ2v) is 6.51. The van der Waals surface area contributed by atoms with E-state index < -0.39 is 26.6 Å². The highest BCUT2D eigenvalue weighted by molar-refractivity contribution is 9.10. The Bertz CT molecular complexity index is 748. The molecule has 106 valence electrons. The van der Waals surface area contributed by atoms with Gasteiger partial charge in [0.2, 0.25) is 0 Å². The van der Waals surface area contributed by atoms with Crippen molar-refractivity contribution in [2.45, 2.75) is 4.90 Å². The van der Waals surface area contributed by atoms with Crippen LogP contribution in [-0.2, 0) is 10.0 Å². The normalized spacial score (nSPS) is 11.4. The van der Waals surface area contributed by atoms with Crippen molar-refractivity contribution in [1.29, 1.82) is 0 Å². The summed E-state index contributed by atoms with van der Waals surface area (Å²) in [5.74, 6) is -2.19. The number of benzene rings is 1. The van der Waals surface area contributed by atoms with Crippen molar-refractivity contribution in [2.75, 3.05) is 4.72 Å². The molecule has 20 heavy (non-hydrogen) atoms. The summed E-state index contributed by atoms with van der Waals surface area (Å²) in [5, 5.41) is 0.0730. The van der Waals surface area contributed by atoms with Crippen molar-refractivity contribution in [3.63, 3.8) is 0 Å². The predicted octanol–water partition coefficient (Wildman–Crippen LogP) is 3.58. The molecule has 2 rings (SSSR count). The van der Waals surface area contributed by atoms with E-state index in [1.807, 2.05) is 0 Å². The molecule has 2 aromatic rings. The van der Waals surface area contributed by atoms with E-state index >= 15 is 0 Å². The Morgan fingerprint density at radius 3 is 2.55 bits per heavy atom. The molecule has 0 aliphatic carbocycles. The van der Waals surface area contributed by atoms with Crippen molar-refractivity contribution < 1.29 is 17.2 Å². The van der Waals surface area contributed by atoms with Gasteiger partial charge in [-0.15, -0.1) is 0 Å². The van der Waals surface area contributed by atoms with Crippen LogP contribution in [0.1, 0.15) is 0 Å². The van der Waals surface area contributed by atoms with Crippen LogP contribution in [0.15, 0.2) is 39.7 Å². The molecule has 0 bridgehead atoms. The van der Waals surface area contributed by atoms with E-state index in [2.05, 4.69) is 25.6 Å². The number of sulfonamides is 1. The molecule has 1 heterocycles. The SMILES string of the molecule is O=S(=O)(Nc1cccc(Cl)n1)c1c(F)cc(F)cc1Br. The van der Waals surface area contributed by atoms with E-state index in [9.17, 15) is 17.2 Å². The van der Waals surface area contributed by atoms with Crippen molar-refractivity contribution >= 4 is 43.4 Å². The van der Waals surface area contributed by atoms with E-state index in [0.717, 1.165) is 6.07 Å². The maximum atomic E-state index is 13.7. The zero-order valence-electron chi connectivity index (χ0n) is 9.57. The van der Waals surface area contributed by atoms with Gasteiger partial charge in [0, 0.05) is 10.5 Å². The lowest BCUT2D eigenvalue weighted by atomic mass is 10.3. The molecule has 0 fully saturated rings. The van der Waals surface area contributed by atoms with Crippen molar-refractivity contribution in [3.05, 3.63) is 51.6 Å². The molecule has 0 saturated heterocycles. The van der Waals surface area contributed by atoms with Gasteiger partial charge >= 0.3 is 0 Å². The van der Waals surface area contributed by atoms with Crippen LogP contribution >= 0.6 is 27.5 Å². The number of halogens is 4. The number of rotatable bonds is 3. The minimum Gasteiger partial charge on any atom is -0.263 e. The highest BCUT2D eigenvalue weighted by atomic mass is 79.9. The summed E-state index contributed by atoms with van der Waals surface area (Å²) in [4.78, 5) is 3.02. The molecule has 0 aliphatic rings. The molecule has 0 aliphatic heterocycles. The van der Waals surface area contributed by atoms with E-state index in [-0.39, 0.29) is 15.4 Å². The van der Waals surface area contributed by atoms with Gasteiger partial charge in [0.15, 0.2) is 0 Å². The summed E-state index contributed by atoms with van der Waals surface area (Å²) >= 11 is 8.44. The smallest absolute Gasteiger partial charge is 0.263 e. The van der Waals surface area contributed by atoms with Crippen LogP contribution < -0.4 is 4.72 Å². The Balaban J connectivity index is 2.46.